The molecule has 1 aromatic rings. The van der Waals surface area contributed by atoms with E-state index < -0.39 is 0 Å². The Kier molecular flexibility index (Phi) is 5.09. The highest BCUT2D eigenvalue weighted by Crippen LogP contribution is 2.24. The van der Waals surface area contributed by atoms with Gasteiger partial charge in [-0.05, 0) is 26.7 Å². The van der Waals surface area contributed by atoms with E-state index in [1.807, 2.05) is 12.1 Å². The van der Waals surface area contributed by atoms with Gasteiger partial charge in [-0.25, -0.2) is 0 Å². The summed E-state index contributed by atoms with van der Waals surface area (Å²) < 4.78 is 5.41. The van der Waals surface area contributed by atoms with Crippen molar-refractivity contribution in [3.63, 3.8) is 0 Å². The molecule has 1 fully saturated rings. The van der Waals surface area contributed by atoms with E-state index >= 15 is 0 Å². The molecule has 0 spiro atoms. The summed E-state index contributed by atoms with van der Waals surface area (Å²) in [5, 5.41) is 11.1. The number of hydrogen-bond acceptors (Lipinski definition) is 4. The van der Waals surface area contributed by atoms with Gasteiger partial charge in [0, 0.05) is 43.5 Å². The van der Waals surface area contributed by atoms with E-state index in [2.05, 4.69) is 18.7 Å². The van der Waals surface area contributed by atoms with Crippen LogP contribution in [0.1, 0.15) is 32.3 Å². The van der Waals surface area contributed by atoms with Crippen LogP contribution in [-0.2, 0) is 11.3 Å². The van der Waals surface area contributed by atoms with Crippen molar-refractivity contribution in [1.29, 1.82) is 0 Å². The zero-order chi connectivity index (χ0) is 14.5. The molecule has 5 heteroatoms. The van der Waals surface area contributed by atoms with Crippen LogP contribution in [0.3, 0.4) is 0 Å². The first-order valence-electron chi connectivity index (χ1n) is 7.15. The molecule has 110 valence electrons. The molecule has 0 radical (unpaired) electrons. The molecule has 5 nitrogen and oxygen atoms in total. The fourth-order valence-electron chi connectivity index (χ4n) is 2.77. The van der Waals surface area contributed by atoms with Crippen molar-refractivity contribution in [2.45, 2.75) is 45.3 Å². The van der Waals surface area contributed by atoms with Crippen molar-refractivity contribution in [3.05, 3.63) is 39.9 Å². The summed E-state index contributed by atoms with van der Waals surface area (Å²) in [4.78, 5) is 13.2. The molecule has 0 bridgehead atoms. The third-order valence-corrected chi connectivity index (χ3v) is 3.86. The molecule has 0 aromatic heterocycles. The summed E-state index contributed by atoms with van der Waals surface area (Å²) in [7, 11) is 0. The lowest BCUT2D eigenvalue weighted by Gasteiger charge is -2.37. The molecule has 1 saturated heterocycles. The normalized spacial score (nSPS) is 16.8. The molecule has 2 rings (SSSR count). The summed E-state index contributed by atoms with van der Waals surface area (Å²) in [6.45, 7) is 6.48. The second-order valence-corrected chi connectivity index (χ2v) is 5.50. The van der Waals surface area contributed by atoms with Gasteiger partial charge in [0.2, 0.25) is 0 Å². The number of benzene rings is 1. The first-order chi connectivity index (χ1) is 9.59. The summed E-state index contributed by atoms with van der Waals surface area (Å²) in [5.41, 5.74) is 1.00. The fourth-order valence-corrected chi connectivity index (χ4v) is 2.77. The molecule has 1 heterocycles. The fraction of sp³-hybridized carbons (Fsp3) is 0.600. The van der Waals surface area contributed by atoms with Crippen molar-refractivity contribution < 1.29 is 9.66 Å². The van der Waals surface area contributed by atoms with Gasteiger partial charge in [0.05, 0.1) is 4.92 Å². The van der Waals surface area contributed by atoms with Gasteiger partial charge < -0.3 is 4.74 Å². The van der Waals surface area contributed by atoms with Crippen LogP contribution in [0.15, 0.2) is 24.3 Å². The topological polar surface area (TPSA) is 55.6 Å². The maximum atomic E-state index is 11.1. The molecular weight excluding hydrogens is 256 g/mol. The van der Waals surface area contributed by atoms with Crippen LogP contribution in [0.25, 0.3) is 0 Å². The molecule has 0 saturated carbocycles. The monoisotopic (exact) mass is 278 g/mol. The van der Waals surface area contributed by atoms with Crippen LogP contribution in [0.4, 0.5) is 5.69 Å². The van der Waals surface area contributed by atoms with Gasteiger partial charge in [-0.1, -0.05) is 18.2 Å². The Morgan fingerprint density at radius 2 is 2.00 bits per heavy atom. The molecule has 20 heavy (non-hydrogen) atoms. The van der Waals surface area contributed by atoms with E-state index in [1.54, 1.807) is 12.1 Å². The molecule has 1 aromatic carbocycles. The average molecular weight is 278 g/mol. The minimum atomic E-state index is -0.294. The van der Waals surface area contributed by atoms with Gasteiger partial charge in [0.25, 0.3) is 5.69 Å². The Morgan fingerprint density at radius 3 is 2.60 bits per heavy atom. The van der Waals surface area contributed by atoms with E-state index in [0.29, 0.717) is 18.6 Å². The summed E-state index contributed by atoms with van der Waals surface area (Å²) >= 11 is 0. The van der Waals surface area contributed by atoms with E-state index in [4.69, 9.17) is 4.74 Å². The van der Waals surface area contributed by atoms with Crippen molar-refractivity contribution in [2.75, 3.05) is 13.2 Å². The quantitative estimate of drug-likeness (QED) is 0.613. The summed E-state index contributed by atoms with van der Waals surface area (Å²) in [5.74, 6) is 0. The molecule has 1 aliphatic heterocycles. The van der Waals surface area contributed by atoms with Crippen molar-refractivity contribution in [3.8, 4) is 0 Å². The first-order valence-corrected chi connectivity index (χ1v) is 7.15. The minimum Gasteiger partial charge on any atom is -0.381 e. The molecule has 0 aliphatic carbocycles. The summed E-state index contributed by atoms with van der Waals surface area (Å²) in [6.07, 6.45) is 2.00. The standard InChI is InChI=1S/C15H22N2O3/c1-12(2)16(14-7-9-20-10-8-14)11-13-5-3-4-6-15(13)17(18)19/h3-6,12,14H,7-11H2,1-2H3. The van der Waals surface area contributed by atoms with Crippen LogP contribution < -0.4 is 0 Å². The SMILES string of the molecule is CC(C)N(Cc1ccccc1[N+](=O)[O-])C1CCOCC1. The lowest BCUT2D eigenvalue weighted by atomic mass is 10.0. The second-order valence-electron chi connectivity index (χ2n) is 5.50. The molecule has 0 atom stereocenters. The van der Waals surface area contributed by atoms with Crippen LogP contribution in [0.2, 0.25) is 0 Å². The van der Waals surface area contributed by atoms with Crippen molar-refractivity contribution >= 4 is 5.69 Å². The highest BCUT2D eigenvalue weighted by atomic mass is 16.6. The highest BCUT2D eigenvalue weighted by Gasteiger charge is 2.25. The number of para-hydroxylation sites is 1. The molecule has 1 aliphatic rings. The Labute approximate surface area is 119 Å². The van der Waals surface area contributed by atoms with E-state index in [0.717, 1.165) is 31.6 Å². The van der Waals surface area contributed by atoms with Crippen LogP contribution >= 0.6 is 0 Å². The molecule has 0 N–H and O–H groups in total. The van der Waals surface area contributed by atoms with Gasteiger partial charge >= 0.3 is 0 Å². The minimum absolute atomic E-state index is 0.213. The number of ether oxygens (including phenoxy) is 1. The largest absolute Gasteiger partial charge is 0.381 e. The maximum absolute atomic E-state index is 11.1. The number of hydrogen-bond donors (Lipinski definition) is 0. The third-order valence-electron chi connectivity index (χ3n) is 3.86. The third kappa shape index (κ3) is 3.55. The zero-order valence-electron chi connectivity index (χ0n) is 12.1. The summed E-state index contributed by atoms with van der Waals surface area (Å²) in [6, 6.07) is 7.83. The van der Waals surface area contributed by atoms with Crippen molar-refractivity contribution in [1.82, 2.24) is 4.90 Å². The Morgan fingerprint density at radius 1 is 1.35 bits per heavy atom. The van der Waals surface area contributed by atoms with Crippen LogP contribution in [0, 0.1) is 10.1 Å². The zero-order valence-corrected chi connectivity index (χ0v) is 12.1. The van der Waals surface area contributed by atoms with Gasteiger partial charge in [0.15, 0.2) is 0 Å². The van der Waals surface area contributed by atoms with Gasteiger partial charge in [-0.2, -0.15) is 0 Å². The van der Waals surface area contributed by atoms with E-state index in [1.165, 1.54) is 0 Å². The van der Waals surface area contributed by atoms with Gasteiger partial charge in [0.1, 0.15) is 0 Å². The number of nitrogens with zero attached hydrogens (tertiary/aromatic N) is 2. The average Bonchev–Trinajstić information content (AvgIpc) is 2.45. The predicted octanol–water partition coefficient (Wildman–Crippen LogP) is 2.98. The molecular formula is C15H22N2O3. The lowest BCUT2D eigenvalue weighted by molar-refractivity contribution is -0.385. The number of nitro groups is 1. The lowest BCUT2D eigenvalue weighted by Crippen LogP contribution is -2.43. The Hall–Kier alpha value is -1.46. The van der Waals surface area contributed by atoms with Crippen molar-refractivity contribution in [2.24, 2.45) is 0 Å². The Bertz CT molecular complexity index is 456. The van der Waals surface area contributed by atoms with Gasteiger partial charge in [-0.15, -0.1) is 0 Å². The molecule has 0 unspecified atom stereocenters. The Balaban J connectivity index is 2.17. The van der Waals surface area contributed by atoms with E-state index in [-0.39, 0.29) is 10.6 Å². The highest BCUT2D eigenvalue weighted by molar-refractivity contribution is 5.39. The second kappa shape index (κ2) is 6.81. The van der Waals surface area contributed by atoms with Crippen LogP contribution in [-0.4, -0.2) is 35.1 Å². The van der Waals surface area contributed by atoms with Gasteiger partial charge in [-0.3, -0.25) is 15.0 Å². The van der Waals surface area contributed by atoms with Crippen LogP contribution in [0.5, 0.6) is 0 Å². The number of rotatable bonds is 5. The predicted molar refractivity (Wildman–Crippen MR) is 77.6 cm³/mol. The molecule has 0 amide bonds. The first kappa shape index (κ1) is 14.9. The smallest absolute Gasteiger partial charge is 0.273 e. The van der Waals surface area contributed by atoms with E-state index in [9.17, 15) is 10.1 Å². The number of nitro benzene ring substituents is 1. The maximum Gasteiger partial charge on any atom is 0.273 e.